The summed E-state index contributed by atoms with van der Waals surface area (Å²) in [6.07, 6.45) is 0. The van der Waals surface area contributed by atoms with Crippen molar-refractivity contribution in [1.29, 1.82) is 0 Å². The van der Waals surface area contributed by atoms with Gasteiger partial charge in [-0.3, -0.25) is 0 Å². The van der Waals surface area contributed by atoms with Crippen LogP contribution in [0, 0.1) is 24.4 Å². The van der Waals surface area contributed by atoms with Gasteiger partial charge in [-0.15, -0.1) is 0 Å². The molecule has 0 amide bonds. The summed E-state index contributed by atoms with van der Waals surface area (Å²) in [7, 11) is 0. The molecule has 0 atom stereocenters. The lowest BCUT2D eigenvalue weighted by molar-refractivity contribution is 0.584. The first-order chi connectivity index (χ1) is 8.97. The number of nitrogens with one attached hydrogen (secondary N) is 1. The van der Waals surface area contributed by atoms with Gasteiger partial charge in [-0.1, -0.05) is 33.6 Å². The lowest BCUT2D eigenvalue weighted by Crippen LogP contribution is -2.06. The molecule has 0 saturated carbocycles. The average Bonchev–Trinajstić information content (AvgIpc) is 2.32. The van der Waals surface area contributed by atoms with Crippen molar-refractivity contribution in [2.75, 3.05) is 5.32 Å². The monoisotopic (exact) mass is 329 g/mol. The van der Waals surface area contributed by atoms with Crippen molar-refractivity contribution in [2.45, 2.75) is 13.5 Å². The Kier molecular flexibility index (Phi) is 4.14. The Hall–Kier alpha value is -1.49. The third-order valence-electron chi connectivity index (χ3n) is 2.66. The maximum atomic E-state index is 13.6. The first kappa shape index (κ1) is 13.9. The van der Waals surface area contributed by atoms with Crippen molar-refractivity contribution in [3.05, 3.63) is 63.4 Å². The Balaban J connectivity index is 2.21. The van der Waals surface area contributed by atoms with Crippen molar-refractivity contribution >= 4 is 21.6 Å². The Labute approximate surface area is 117 Å². The van der Waals surface area contributed by atoms with Gasteiger partial charge in [0.25, 0.3) is 0 Å². The SMILES string of the molecule is Cc1ccc(F)c(CNc2c(F)cc(Br)cc2F)c1. The van der Waals surface area contributed by atoms with Crippen LogP contribution in [0.1, 0.15) is 11.1 Å². The number of benzene rings is 2. The Bertz CT molecular complexity index is 591. The summed E-state index contributed by atoms with van der Waals surface area (Å²) in [5, 5.41) is 2.58. The fourth-order valence-electron chi connectivity index (χ4n) is 1.73. The molecule has 5 heteroatoms. The van der Waals surface area contributed by atoms with E-state index in [2.05, 4.69) is 21.2 Å². The second-order valence-corrected chi connectivity index (χ2v) is 5.11. The van der Waals surface area contributed by atoms with Crippen LogP contribution in [-0.4, -0.2) is 0 Å². The fourth-order valence-corrected chi connectivity index (χ4v) is 2.14. The molecule has 2 aromatic carbocycles. The smallest absolute Gasteiger partial charge is 0.150 e. The minimum atomic E-state index is -0.722. The third-order valence-corrected chi connectivity index (χ3v) is 3.12. The number of hydrogen-bond acceptors (Lipinski definition) is 1. The summed E-state index contributed by atoms with van der Waals surface area (Å²) in [6, 6.07) is 6.91. The summed E-state index contributed by atoms with van der Waals surface area (Å²) in [6.45, 7) is 1.84. The van der Waals surface area contributed by atoms with Gasteiger partial charge in [-0.2, -0.15) is 0 Å². The van der Waals surface area contributed by atoms with Gasteiger partial charge < -0.3 is 5.32 Å². The predicted molar refractivity (Wildman–Crippen MR) is 72.5 cm³/mol. The average molecular weight is 330 g/mol. The van der Waals surface area contributed by atoms with E-state index in [1.165, 1.54) is 6.07 Å². The number of aryl methyl sites for hydroxylation is 1. The highest BCUT2D eigenvalue weighted by Crippen LogP contribution is 2.24. The van der Waals surface area contributed by atoms with E-state index in [0.717, 1.165) is 17.7 Å². The van der Waals surface area contributed by atoms with E-state index in [4.69, 9.17) is 0 Å². The van der Waals surface area contributed by atoms with E-state index in [0.29, 0.717) is 10.0 Å². The van der Waals surface area contributed by atoms with Gasteiger partial charge in [0.2, 0.25) is 0 Å². The van der Waals surface area contributed by atoms with Crippen molar-refractivity contribution in [3.63, 3.8) is 0 Å². The Morgan fingerprint density at radius 3 is 2.26 bits per heavy atom. The molecule has 0 aliphatic carbocycles. The van der Waals surface area contributed by atoms with E-state index in [-0.39, 0.29) is 12.2 Å². The van der Waals surface area contributed by atoms with Gasteiger partial charge in [-0.25, -0.2) is 13.2 Å². The van der Waals surface area contributed by atoms with Crippen molar-refractivity contribution in [3.8, 4) is 0 Å². The molecule has 1 N–H and O–H groups in total. The zero-order valence-electron chi connectivity index (χ0n) is 10.1. The van der Waals surface area contributed by atoms with Crippen LogP contribution < -0.4 is 5.32 Å². The molecular formula is C14H11BrF3N. The fraction of sp³-hybridized carbons (Fsp3) is 0.143. The third kappa shape index (κ3) is 3.29. The molecule has 0 heterocycles. The van der Waals surface area contributed by atoms with Crippen LogP contribution in [0.4, 0.5) is 18.9 Å². The zero-order chi connectivity index (χ0) is 14.0. The molecule has 0 fully saturated rings. The quantitative estimate of drug-likeness (QED) is 0.853. The van der Waals surface area contributed by atoms with Crippen LogP contribution in [0.15, 0.2) is 34.8 Å². The van der Waals surface area contributed by atoms with Crippen LogP contribution in [0.25, 0.3) is 0 Å². The number of halogens is 4. The standard InChI is InChI=1S/C14H11BrF3N/c1-8-2-3-11(16)9(4-8)7-19-14-12(17)5-10(15)6-13(14)18/h2-6,19H,7H2,1H3. The molecule has 0 aliphatic rings. The van der Waals surface area contributed by atoms with Gasteiger partial charge in [-0.05, 0) is 25.1 Å². The van der Waals surface area contributed by atoms with Gasteiger partial charge >= 0.3 is 0 Å². The van der Waals surface area contributed by atoms with E-state index < -0.39 is 17.5 Å². The van der Waals surface area contributed by atoms with Crippen LogP contribution >= 0.6 is 15.9 Å². The van der Waals surface area contributed by atoms with Crippen molar-refractivity contribution in [1.82, 2.24) is 0 Å². The molecule has 0 radical (unpaired) electrons. The van der Waals surface area contributed by atoms with Crippen LogP contribution in [0.2, 0.25) is 0 Å². The Morgan fingerprint density at radius 2 is 1.63 bits per heavy atom. The van der Waals surface area contributed by atoms with Gasteiger partial charge in [0, 0.05) is 16.6 Å². The first-order valence-corrected chi connectivity index (χ1v) is 6.40. The minimum absolute atomic E-state index is 0.0169. The molecule has 0 spiro atoms. The molecule has 0 aromatic heterocycles. The number of rotatable bonds is 3. The molecule has 0 unspecified atom stereocenters. The van der Waals surface area contributed by atoms with Crippen LogP contribution in [-0.2, 0) is 6.54 Å². The second kappa shape index (κ2) is 5.65. The zero-order valence-corrected chi connectivity index (χ0v) is 11.7. The number of hydrogen-bond donors (Lipinski definition) is 1. The normalized spacial score (nSPS) is 10.6. The highest BCUT2D eigenvalue weighted by molar-refractivity contribution is 9.10. The van der Waals surface area contributed by atoms with Crippen LogP contribution in [0.5, 0.6) is 0 Å². The second-order valence-electron chi connectivity index (χ2n) is 4.19. The van der Waals surface area contributed by atoms with E-state index in [1.807, 2.05) is 6.92 Å². The molecule has 2 aromatic rings. The van der Waals surface area contributed by atoms with E-state index in [9.17, 15) is 13.2 Å². The lowest BCUT2D eigenvalue weighted by Gasteiger charge is -2.10. The summed E-state index contributed by atoms with van der Waals surface area (Å²) in [5.74, 6) is -1.85. The molecule has 100 valence electrons. The molecule has 0 bridgehead atoms. The van der Waals surface area contributed by atoms with Crippen molar-refractivity contribution in [2.24, 2.45) is 0 Å². The maximum Gasteiger partial charge on any atom is 0.150 e. The molecule has 0 aliphatic heterocycles. The summed E-state index contributed by atoms with van der Waals surface area (Å²) >= 11 is 3.00. The predicted octanol–water partition coefficient (Wildman–Crippen LogP) is 4.79. The molecule has 2 rings (SSSR count). The molecule has 0 saturated heterocycles. The first-order valence-electron chi connectivity index (χ1n) is 5.61. The minimum Gasteiger partial charge on any atom is -0.376 e. The van der Waals surface area contributed by atoms with Crippen LogP contribution in [0.3, 0.4) is 0 Å². The van der Waals surface area contributed by atoms with E-state index >= 15 is 0 Å². The summed E-state index contributed by atoms with van der Waals surface area (Å²) in [5.41, 5.74) is 0.987. The molecule has 1 nitrogen and oxygen atoms in total. The van der Waals surface area contributed by atoms with Gasteiger partial charge in [0.15, 0.2) is 0 Å². The molecular weight excluding hydrogens is 319 g/mol. The number of anilines is 1. The summed E-state index contributed by atoms with van der Waals surface area (Å²) < 4.78 is 41.0. The van der Waals surface area contributed by atoms with Gasteiger partial charge in [0.05, 0.1) is 0 Å². The topological polar surface area (TPSA) is 12.0 Å². The highest BCUT2D eigenvalue weighted by Gasteiger charge is 2.11. The lowest BCUT2D eigenvalue weighted by atomic mass is 10.1. The highest BCUT2D eigenvalue weighted by atomic mass is 79.9. The summed E-state index contributed by atoms with van der Waals surface area (Å²) in [4.78, 5) is 0. The van der Waals surface area contributed by atoms with Crippen molar-refractivity contribution < 1.29 is 13.2 Å². The van der Waals surface area contributed by atoms with Gasteiger partial charge in [0.1, 0.15) is 23.1 Å². The van der Waals surface area contributed by atoms with E-state index in [1.54, 1.807) is 12.1 Å². The largest absolute Gasteiger partial charge is 0.376 e. The Morgan fingerprint density at radius 1 is 1.00 bits per heavy atom. The maximum absolute atomic E-state index is 13.6. The molecule has 19 heavy (non-hydrogen) atoms.